The van der Waals surface area contributed by atoms with Crippen molar-refractivity contribution in [1.29, 1.82) is 0 Å². The lowest BCUT2D eigenvalue weighted by atomic mass is 10.1. The van der Waals surface area contributed by atoms with E-state index in [4.69, 9.17) is 14.6 Å². The third-order valence-corrected chi connectivity index (χ3v) is 2.64. The van der Waals surface area contributed by atoms with Gasteiger partial charge in [-0.1, -0.05) is 25.1 Å². The van der Waals surface area contributed by atoms with Gasteiger partial charge in [-0.05, 0) is 18.1 Å². The number of benzene rings is 1. The van der Waals surface area contributed by atoms with E-state index in [1.807, 2.05) is 6.92 Å². The number of hydrogen-bond donors (Lipinski definition) is 2. The minimum atomic E-state index is -1.12. The fraction of sp³-hybridized carbons (Fsp3) is 0.429. The van der Waals surface area contributed by atoms with Crippen LogP contribution in [0.4, 0.5) is 4.79 Å². The van der Waals surface area contributed by atoms with Crippen LogP contribution in [0.1, 0.15) is 18.9 Å². The fourth-order valence-corrected chi connectivity index (χ4v) is 1.67. The van der Waals surface area contributed by atoms with E-state index in [1.165, 1.54) is 7.11 Å². The Morgan fingerprint density at radius 2 is 2.05 bits per heavy atom. The Morgan fingerprint density at radius 1 is 1.35 bits per heavy atom. The van der Waals surface area contributed by atoms with E-state index in [2.05, 4.69) is 5.32 Å². The molecule has 6 nitrogen and oxygen atoms in total. The second-order valence-corrected chi connectivity index (χ2v) is 4.19. The first kappa shape index (κ1) is 15.8. The van der Waals surface area contributed by atoms with Gasteiger partial charge in [-0.15, -0.1) is 0 Å². The van der Waals surface area contributed by atoms with Crippen molar-refractivity contribution in [3.8, 4) is 5.75 Å². The Balaban J connectivity index is 2.72. The minimum absolute atomic E-state index is 0.126. The van der Waals surface area contributed by atoms with E-state index in [9.17, 15) is 9.59 Å². The number of hydrogen-bond acceptors (Lipinski definition) is 4. The Labute approximate surface area is 117 Å². The van der Waals surface area contributed by atoms with Gasteiger partial charge in [0.25, 0.3) is 0 Å². The molecule has 0 unspecified atom stereocenters. The first-order valence-corrected chi connectivity index (χ1v) is 6.36. The van der Waals surface area contributed by atoms with Crippen molar-refractivity contribution >= 4 is 12.1 Å². The van der Waals surface area contributed by atoms with Crippen LogP contribution in [-0.2, 0) is 16.0 Å². The topological polar surface area (TPSA) is 84.9 Å². The molecular formula is C14H19NO5. The molecule has 0 spiro atoms. The summed E-state index contributed by atoms with van der Waals surface area (Å²) in [5, 5.41) is 11.5. The first-order chi connectivity index (χ1) is 9.58. The van der Waals surface area contributed by atoms with Crippen molar-refractivity contribution in [2.45, 2.75) is 25.8 Å². The molecule has 0 heterocycles. The second-order valence-electron chi connectivity index (χ2n) is 4.19. The molecule has 110 valence electrons. The number of carbonyl (C=O) groups excluding carboxylic acids is 1. The smallest absolute Gasteiger partial charge is 0.407 e. The lowest BCUT2D eigenvalue weighted by Gasteiger charge is -2.16. The zero-order valence-corrected chi connectivity index (χ0v) is 11.6. The summed E-state index contributed by atoms with van der Waals surface area (Å²) in [5.74, 6) is -0.535. The molecule has 0 aromatic heterocycles. The standard InChI is InChI=1S/C14H19NO5/c1-3-8-20-14(18)15-11(13(16)17)9-10-6-4-5-7-12(10)19-2/h4-7,11H,3,8-9H2,1-2H3,(H,15,18)(H,16,17)/t11-/m0/s1. The molecule has 1 atom stereocenters. The summed E-state index contributed by atoms with van der Waals surface area (Å²) in [6, 6.07) is 6.01. The van der Waals surface area contributed by atoms with Crippen molar-refractivity contribution in [3.05, 3.63) is 29.8 Å². The number of aliphatic carboxylic acids is 1. The van der Waals surface area contributed by atoms with Crippen molar-refractivity contribution in [3.63, 3.8) is 0 Å². The van der Waals surface area contributed by atoms with Gasteiger partial charge in [0.15, 0.2) is 0 Å². The Morgan fingerprint density at radius 3 is 2.65 bits per heavy atom. The summed E-state index contributed by atoms with van der Waals surface area (Å²) in [7, 11) is 1.51. The largest absolute Gasteiger partial charge is 0.496 e. The molecule has 1 rings (SSSR count). The van der Waals surface area contributed by atoms with Gasteiger partial charge in [0.2, 0.25) is 0 Å². The molecule has 0 fully saturated rings. The summed E-state index contributed by atoms with van der Waals surface area (Å²) < 4.78 is 9.98. The first-order valence-electron chi connectivity index (χ1n) is 6.36. The number of methoxy groups -OCH3 is 1. The van der Waals surface area contributed by atoms with Gasteiger partial charge in [-0.2, -0.15) is 0 Å². The average molecular weight is 281 g/mol. The van der Waals surface area contributed by atoms with E-state index in [-0.39, 0.29) is 13.0 Å². The summed E-state index contributed by atoms with van der Waals surface area (Å²) in [5.41, 5.74) is 0.707. The third-order valence-electron chi connectivity index (χ3n) is 2.64. The Bertz CT molecular complexity index is 461. The lowest BCUT2D eigenvalue weighted by Crippen LogP contribution is -2.42. The van der Waals surface area contributed by atoms with Crippen LogP contribution in [0.15, 0.2) is 24.3 Å². The average Bonchev–Trinajstić information content (AvgIpc) is 2.44. The van der Waals surface area contributed by atoms with Crippen LogP contribution in [0, 0.1) is 0 Å². The summed E-state index contributed by atoms with van der Waals surface area (Å²) in [6.45, 7) is 2.11. The molecule has 1 aromatic carbocycles. The molecule has 0 saturated carbocycles. The number of ether oxygens (including phenoxy) is 2. The number of amides is 1. The van der Waals surface area contributed by atoms with Gasteiger partial charge in [-0.3, -0.25) is 0 Å². The van der Waals surface area contributed by atoms with Gasteiger partial charge in [0, 0.05) is 6.42 Å². The molecule has 0 aliphatic heterocycles. The predicted molar refractivity (Wildman–Crippen MR) is 72.9 cm³/mol. The Kier molecular flexibility index (Phi) is 6.36. The van der Waals surface area contributed by atoms with Gasteiger partial charge in [-0.25, -0.2) is 9.59 Å². The lowest BCUT2D eigenvalue weighted by molar-refractivity contribution is -0.139. The molecule has 1 aromatic rings. The fourth-order valence-electron chi connectivity index (χ4n) is 1.67. The van der Waals surface area contributed by atoms with Crippen LogP contribution in [0.2, 0.25) is 0 Å². The number of para-hydroxylation sites is 1. The molecule has 2 N–H and O–H groups in total. The van der Waals surface area contributed by atoms with E-state index in [0.717, 1.165) is 0 Å². The van der Waals surface area contributed by atoms with Crippen LogP contribution in [0.5, 0.6) is 5.75 Å². The highest BCUT2D eigenvalue weighted by atomic mass is 16.5. The number of carboxylic acids is 1. The molecule has 0 aliphatic carbocycles. The zero-order chi connectivity index (χ0) is 15.0. The number of carbonyl (C=O) groups is 2. The van der Waals surface area contributed by atoms with Crippen LogP contribution in [-0.4, -0.2) is 36.9 Å². The maximum Gasteiger partial charge on any atom is 0.407 e. The summed E-state index contributed by atoms with van der Waals surface area (Å²) >= 11 is 0. The monoisotopic (exact) mass is 281 g/mol. The third kappa shape index (κ3) is 4.79. The van der Waals surface area contributed by atoms with Gasteiger partial charge < -0.3 is 19.9 Å². The van der Waals surface area contributed by atoms with Crippen molar-refractivity contribution in [2.24, 2.45) is 0 Å². The Hall–Kier alpha value is -2.24. The van der Waals surface area contributed by atoms with Gasteiger partial charge in [0.05, 0.1) is 13.7 Å². The zero-order valence-electron chi connectivity index (χ0n) is 11.6. The number of carboxylic acid groups (broad SMARTS) is 1. The molecule has 1 amide bonds. The predicted octanol–water partition coefficient (Wildman–Crippen LogP) is 1.83. The SMILES string of the molecule is CCCOC(=O)N[C@@H](Cc1ccccc1OC)C(=O)O. The molecular weight excluding hydrogens is 262 g/mol. The van der Waals surface area contributed by atoms with E-state index < -0.39 is 18.1 Å². The number of alkyl carbamates (subject to hydrolysis) is 1. The highest BCUT2D eigenvalue weighted by Crippen LogP contribution is 2.19. The molecule has 0 radical (unpaired) electrons. The molecule has 0 bridgehead atoms. The maximum absolute atomic E-state index is 11.4. The van der Waals surface area contributed by atoms with Crippen LogP contribution < -0.4 is 10.1 Å². The highest BCUT2D eigenvalue weighted by Gasteiger charge is 2.22. The van der Waals surface area contributed by atoms with Crippen molar-refractivity contribution in [2.75, 3.05) is 13.7 Å². The van der Waals surface area contributed by atoms with Crippen LogP contribution in [0.25, 0.3) is 0 Å². The van der Waals surface area contributed by atoms with E-state index >= 15 is 0 Å². The number of nitrogens with one attached hydrogen (secondary N) is 1. The normalized spacial score (nSPS) is 11.5. The van der Waals surface area contributed by atoms with Crippen LogP contribution in [0.3, 0.4) is 0 Å². The number of rotatable bonds is 7. The van der Waals surface area contributed by atoms with E-state index in [0.29, 0.717) is 17.7 Å². The summed E-state index contributed by atoms with van der Waals surface area (Å²) in [4.78, 5) is 22.6. The highest BCUT2D eigenvalue weighted by molar-refractivity contribution is 5.80. The maximum atomic E-state index is 11.4. The second kappa shape index (κ2) is 8.04. The van der Waals surface area contributed by atoms with Crippen LogP contribution >= 0.6 is 0 Å². The van der Waals surface area contributed by atoms with Gasteiger partial charge >= 0.3 is 12.1 Å². The molecule has 0 aliphatic rings. The van der Waals surface area contributed by atoms with Crippen molar-refractivity contribution < 1.29 is 24.2 Å². The quantitative estimate of drug-likeness (QED) is 0.796. The van der Waals surface area contributed by atoms with Gasteiger partial charge in [0.1, 0.15) is 11.8 Å². The molecule has 0 saturated heterocycles. The summed E-state index contributed by atoms with van der Waals surface area (Å²) in [6.07, 6.45) is 0.0762. The molecule has 20 heavy (non-hydrogen) atoms. The van der Waals surface area contributed by atoms with E-state index in [1.54, 1.807) is 24.3 Å². The molecule has 6 heteroatoms. The minimum Gasteiger partial charge on any atom is -0.496 e. The van der Waals surface area contributed by atoms with Crippen molar-refractivity contribution in [1.82, 2.24) is 5.32 Å².